The standard InChI is InChI=1S/C15H17NO/c1-12-4-3-5-15(10-12)17-14-8-6-13(7-9-14)11-16-2/h3-10,16H,11H2,1-2H3. The summed E-state index contributed by atoms with van der Waals surface area (Å²) in [4.78, 5) is 0. The molecule has 0 aromatic heterocycles. The fourth-order valence-electron chi connectivity index (χ4n) is 1.69. The van der Waals surface area contributed by atoms with E-state index in [1.807, 2.05) is 37.4 Å². The van der Waals surface area contributed by atoms with Crippen LogP contribution < -0.4 is 10.1 Å². The van der Waals surface area contributed by atoms with Crippen LogP contribution in [0.25, 0.3) is 0 Å². The lowest BCUT2D eigenvalue weighted by atomic mass is 10.2. The van der Waals surface area contributed by atoms with Gasteiger partial charge in [-0.2, -0.15) is 0 Å². The van der Waals surface area contributed by atoms with Crippen molar-refractivity contribution in [3.05, 3.63) is 59.7 Å². The summed E-state index contributed by atoms with van der Waals surface area (Å²) in [6.07, 6.45) is 0. The summed E-state index contributed by atoms with van der Waals surface area (Å²) in [6, 6.07) is 16.2. The highest BCUT2D eigenvalue weighted by Gasteiger charge is 1.97. The van der Waals surface area contributed by atoms with Gasteiger partial charge in [-0.15, -0.1) is 0 Å². The van der Waals surface area contributed by atoms with Gasteiger partial charge in [0.1, 0.15) is 11.5 Å². The van der Waals surface area contributed by atoms with Gasteiger partial charge in [0.15, 0.2) is 0 Å². The summed E-state index contributed by atoms with van der Waals surface area (Å²) >= 11 is 0. The average Bonchev–Trinajstić information content (AvgIpc) is 2.32. The van der Waals surface area contributed by atoms with Crippen LogP contribution in [0.5, 0.6) is 11.5 Å². The fraction of sp³-hybridized carbons (Fsp3) is 0.200. The van der Waals surface area contributed by atoms with Crippen LogP contribution in [0.3, 0.4) is 0 Å². The van der Waals surface area contributed by atoms with E-state index in [1.54, 1.807) is 0 Å². The van der Waals surface area contributed by atoms with Gasteiger partial charge in [-0.25, -0.2) is 0 Å². The Labute approximate surface area is 102 Å². The van der Waals surface area contributed by atoms with Crippen molar-refractivity contribution in [2.75, 3.05) is 7.05 Å². The normalized spacial score (nSPS) is 10.2. The lowest BCUT2D eigenvalue weighted by Crippen LogP contribution is -2.04. The first-order chi connectivity index (χ1) is 8.28. The van der Waals surface area contributed by atoms with Gasteiger partial charge in [0.25, 0.3) is 0 Å². The average molecular weight is 227 g/mol. The Bertz CT molecular complexity index is 477. The zero-order valence-electron chi connectivity index (χ0n) is 10.2. The van der Waals surface area contributed by atoms with E-state index in [0.29, 0.717) is 0 Å². The number of benzene rings is 2. The summed E-state index contributed by atoms with van der Waals surface area (Å²) in [5.74, 6) is 1.75. The molecular weight excluding hydrogens is 210 g/mol. The molecule has 0 radical (unpaired) electrons. The second kappa shape index (κ2) is 5.51. The minimum absolute atomic E-state index is 0.871. The second-order valence-electron chi connectivity index (χ2n) is 4.09. The Balaban J connectivity index is 2.08. The molecule has 2 rings (SSSR count). The van der Waals surface area contributed by atoms with Crippen molar-refractivity contribution in [2.45, 2.75) is 13.5 Å². The molecule has 0 fully saturated rings. The Kier molecular flexibility index (Phi) is 3.78. The first-order valence-corrected chi connectivity index (χ1v) is 5.76. The number of hydrogen-bond donors (Lipinski definition) is 1. The molecule has 2 heteroatoms. The highest BCUT2D eigenvalue weighted by atomic mass is 16.5. The van der Waals surface area contributed by atoms with Crippen LogP contribution in [-0.2, 0) is 6.54 Å². The van der Waals surface area contributed by atoms with E-state index in [1.165, 1.54) is 11.1 Å². The summed E-state index contributed by atoms with van der Waals surface area (Å²) in [5.41, 5.74) is 2.46. The SMILES string of the molecule is CNCc1ccc(Oc2cccc(C)c2)cc1. The molecule has 0 heterocycles. The number of ether oxygens (including phenoxy) is 1. The summed E-state index contributed by atoms with van der Waals surface area (Å²) in [5, 5.41) is 3.12. The van der Waals surface area contributed by atoms with Crippen molar-refractivity contribution >= 4 is 0 Å². The van der Waals surface area contributed by atoms with Crippen molar-refractivity contribution in [3.63, 3.8) is 0 Å². The zero-order valence-corrected chi connectivity index (χ0v) is 10.2. The van der Waals surface area contributed by atoms with Crippen LogP contribution in [-0.4, -0.2) is 7.05 Å². The van der Waals surface area contributed by atoms with Crippen molar-refractivity contribution in [2.24, 2.45) is 0 Å². The Morgan fingerprint density at radius 1 is 1.00 bits per heavy atom. The summed E-state index contributed by atoms with van der Waals surface area (Å²) in [7, 11) is 1.94. The Morgan fingerprint density at radius 3 is 2.41 bits per heavy atom. The van der Waals surface area contributed by atoms with Gasteiger partial charge in [0.05, 0.1) is 0 Å². The van der Waals surface area contributed by atoms with Gasteiger partial charge in [-0.3, -0.25) is 0 Å². The zero-order chi connectivity index (χ0) is 12.1. The van der Waals surface area contributed by atoms with E-state index in [4.69, 9.17) is 4.74 Å². The largest absolute Gasteiger partial charge is 0.457 e. The minimum atomic E-state index is 0.871. The lowest BCUT2D eigenvalue weighted by molar-refractivity contribution is 0.482. The smallest absolute Gasteiger partial charge is 0.127 e. The van der Waals surface area contributed by atoms with Crippen molar-refractivity contribution < 1.29 is 4.74 Å². The first-order valence-electron chi connectivity index (χ1n) is 5.76. The fourth-order valence-corrected chi connectivity index (χ4v) is 1.69. The van der Waals surface area contributed by atoms with Gasteiger partial charge in [-0.1, -0.05) is 24.3 Å². The predicted molar refractivity (Wildman–Crippen MR) is 70.5 cm³/mol. The second-order valence-corrected chi connectivity index (χ2v) is 4.09. The number of rotatable bonds is 4. The third-order valence-electron chi connectivity index (χ3n) is 2.53. The molecule has 0 saturated heterocycles. The molecule has 0 aliphatic carbocycles. The number of aryl methyl sites for hydroxylation is 1. The molecule has 0 spiro atoms. The van der Waals surface area contributed by atoms with E-state index in [2.05, 4.69) is 30.4 Å². The van der Waals surface area contributed by atoms with Crippen LogP contribution in [0, 0.1) is 6.92 Å². The monoisotopic (exact) mass is 227 g/mol. The van der Waals surface area contributed by atoms with Crippen molar-refractivity contribution in [1.29, 1.82) is 0 Å². The van der Waals surface area contributed by atoms with E-state index < -0.39 is 0 Å². The topological polar surface area (TPSA) is 21.3 Å². The van der Waals surface area contributed by atoms with Gasteiger partial charge < -0.3 is 10.1 Å². The van der Waals surface area contributed by atoms with Crippen LogP contribution in [0.2, 0.25) is 0 Å². The molecule has 2 aromatic carbocycles. The van der Waals surface area contributed by atoms with E-state index in [0.717, 1.165) is 18.0 Å². The van der Waals surface area contributed by atoms with Crippen molar-refractivity contribution in [3.8, 4) is 11.5 Å². The lowest BCUT2D eigenvalue weighted by Gasteiger charge is -2.07. The van der Waals surface area contributed by atoms with Crippen LogP contribution in [0.15, 0.2) is 48.5 Å². The van der Waals surface area contributed by atoms with Gasteiger partial charge in [0.2, 0.25) is 0 Å². The quantitative estimate of drug-likeness (QED) is 0.863. The molecular formula is C15H17NO. The molecule has 1 N–H and O–H groups in total. The molecule has 0 bridgehead atoms. The van der Waals surface area contributed by atoms with Crippen LogP contribution in [0.4, 0.5) is 0 Å². The molecule has 0 atom stereocenters. The maximum Gasteiger partial charge on any atom is 0.127 e. The van der Waals surface area contributed by atoms with E-state index in [-0.39, 0.29) is 0 Å². The number of nitrogens with one attached hydrogen (secondary N) is 1. The van der Waals surface area contributed by atoms with Gasteiger partial charge >= 0.3 is 0 Å². The highest BCUT2D eigenvalue weighted by Crippen LogP contribution is 2.22. The maximum absolute atomic E-state index is 5.77. The molecule has 0 amide bonds. The predicted octanol–water partition coefficient (Wildman–Crippen LogP) is 3.51. The number of hydrogen-bond acceptors (Lipinski definition) is 2. The molecule has 2 nitrogen and oxygen atoms in total. The highest BCUT2D eigenvalue weighted by molar-refractivity contribution is 5.34. The van der Waals surface area contributed by atoms with Crippen LogP contribution >= 0.6 is 0 Å². The summed E-state index contributed by atoms with van der Waals surface area (Å²) in [6.45, 7) is 2.94. The van der Waals surface area contributed by atoms with E-state index >= 15 is 0 Å². The summed E-state index contributed by atoms with van der Waals surface area (Å²) < 4.78 is 5.77. The molecule has 0 aliphatic heterocycles. The van der Waals surface area contributed by atoms with Gasteiger partial charge in [0, 0.05) is 6.54 Å². The third kappa shape index (κ3) is 3.33. The molecule has 88 valence electrons. The minimum Gasteiger partial charge on any atom is -0.457 e. The molecule has 0 aliphatic rings. The molecule has 0 saturated carbocycles. The Morgan fingerprint density at radius 2 is 1.76 bits per heavy atom. The van der Waals surface area contributed by atoms with Crippen LogP contribution in [0.1, 0.15) is 11.1 Å². The Hall–Kier alpha value is -1.80. The molecule has 2 aromatic rings. The molecule has 0 unspecified atom stereocenters. The van der Waals surface area contributed by atoms with E-state index in [9.17, 15) is 0 Å². The van der Waals surface area contributed by atoms with Crippen molar-refractivity contribution in [1.82, 2.24) is 5.32 Å². The maximum atomic E-state index is 5.77. The molecule has 17 heavy (non-hydrogen) atoms. The van der Waals surface area contributed by atoms with Gasteiger partial charge in [-0.05, 0) is 49.4 Å². The third-order valence-corrected chi connectivity index (χ3v) is 2.53. The first kappa shape index (κ1) is 11.7.